The van der Waals surface area contributed by atoms with Crippen molar-refractivity contribution in [1.29, 1.82) is 0 Å². The molecule has 4 rings (SSSR count). The van der Waals surface area contributed by atoms with Crippen molar-refractivity contribution in [3.63, 3.8) is 0 Å². The van der Waals surface area contributed by atoms with Crippen LogP contribution in [0.25, 0.3) is 20.4 Å². The van der Waals surface area contributed by atoms with Gasteiger partial charge in [0, 0.05) is 42.1 Å². The van der Waals surface area contributed by atoms with E-state index in [-0.39, 0.29) is 39.7 Å². The fourth-order valence-corrected chi connectivity index (χ4v) is 4.28. The van der Waals surface area contributed by atoms with Crippen molar-refractivity contribution in [3.05, 3.63) is 34.3 Å². The van der Waals surface area contributed by atoms with Gasteiger partial charge in [-0.3, -0.25) is 9.36 Å². The van der Waals surface area contributed by atoms with E-state index in [1.165, 1.54) is 24.7 Å². The Morgan fingerprint density at radius 3 is 2.07 bits per heavy atom. The van der Waals surface area contributed by atoms with Crippen LogP contribution in [0.4, 0.5) is 0 Å². The van der Waals surface area contributed by atoms with Crippen LogP contribution in [0.15, 0.2) is 24.5 Å². The Morgan fingerprint density at radius 1 is 0.929 bits per heavy atom. The topological polar surface area (TPSA) is 87.7 Å². The Bertz CT molecular complexity index is 874. The zero-order valence-electron chi connectivity index (χ0n) is 14.7. The Morgan fingerprint density at radius 2 is 1.54 bits per heavy atom. The molecule has 0 bridgehead atoms. The summed E-state index contributed by atoms with van der Waals surface area (Å²) in [6.07, 6.45) is 3.97. The molecule has 0 amide bonds. The summed E-state index contributed by atoms with van der Waals surface area (Å²) < 4.78 is 6.40. The summed E-state index contributed by atoms with van der Waals surface area (Å²) in [7, 11) is 0. The molecule has 0 aliphatic rings. The maximum atomic E-state index is 5.55. The highest BCUT2D eigenvalue weighted by Crippen LogP contribution is 2.25. The molecule has 4 aromatic heterocycles. The molecule has 0 saturated carbocycles. The van der Waals surface area contributed by atoms with Gasteiger partial charge in [-0.2, -0.15) is 10.2 Å². The molecule has 0 aromatic carbocycles. The molecular weight excluding hydrogens is 435 g/mol. The number of nitrogens with two attached hydrogens (primary N) is 2. The van der Waals surface area contributed by atoms with Crippen LogP contribution in [0.3, 0.4) is 0 Å². The predicted octanol–water partition coefficient (Wildman–Crippen LogP) is 5.27. The summed E-state index contributed by atoms with van der Waals surface area (Å²) >= 11 is 3.45. The zero-order chi connectivity index (χ0) is 17.1. The summed E-state index contributed by atoms with van der Waals surface area (Å²) in [6.45, 7) is 7.27. The average Bonchev–Trinajstić information content (AvgIpc) is 3.32. The average molecular weight is 468 g/mol. The highest BCUT2D eigenvalue weighted by Gasteiger charge is 2.05. The normalized spacial score (nSPS) is 9.57. The monoisotopic (exact) mass is 466 g/mol. The van der Waals surface area contributed by atoms with Crippen molar-refractivity contribution in [2.24, 2.45) is 11.5 Å². The lowest BCUT2D eigenvalue weighted by Crippen LogP contribution is -1.95. The Hall–Kier alpha value is -1.16. The standard InChI is InChI=1S/2C8H11N3S.2CH4.2ClH/c1-2-11-5-8-7(10-11)3-6(4-9)12-8;1-2-11-7-3-6(4-9)12-8(7)5-10-11;;;;/h2*3,5H,2,4,9H2,1H3;2*1H4;2*1H. The molecular formula is C18H32Cl2N6S2. The second-order valence-electron chi connectivity index (χ2n) is 5.28. The smallest absolute Gasteiger partial charge is 0.103 e. The number of hydrogen-bond donors (Lipinski definition) is 2. The van der Waals surface area contributed by atoms with Gasteiger partial charge in [-0.15, -0.1) is 47.5 Å². The summed E-state index contributed by atoms with van der Waals surface area (Å²) in [6, 6.07) is 4.18. The fourth-order valence-electron chi connectivity index (χ4n) is 2.46. The fraction of sp³-hybridized carbons (Fsp3) is 0.444. The molecule has 160 valence electrons. The molecule has 0 spiro atoms. The quantitative estimate of drug-likeness (QED) is 0.428. The van der Waals surface area contributed by atoms with Gasteiger partial charge < -0.3 is 11.5 Å². The molecule has 4 aromatic rings. The number of hydrogen-bond acceptors (Lipinski definition) is 6. The number of aromatic nitrogens is 4. The molecule has 0 atom stereocenters. The second kappa shape index (κ2) is 13.1. The van der Waals surface area contributed by atoms with Crippen LogP contribution in [0.5, 0.6) is 0 Å². The minimum atomic E-state index is 0. The van der Waals surface area contributed by atoms with Crippen LogP contribution in [-0.2, 0) is 26.2 Å². The van der Waals surface area contributed by atoms with E-state index >= 15 is 0 Å². The van der Waals surface area contributed by atoms with Crippen LogP contribution >= 0.6 is 47.5 Å². The first-order valence-electron chi connectivity index (χ1n) is 7.98. The van der Waals surface area contributed by atoms with Crippen LogP contribution < -0.4 is 11.5 Å². The van der Waals surface area contributed by atoms with E-state index < -0.39 is 0 Å². The third-order valence-corrected chi connectivity index (χ3v) is 5.87. The maximum Gasteiger partial charge on any atom is 0.103 e. The SMILES string of the molecule is C.C.CCn1cc2sc(CN)cc2n1.CCn1ncc2sc(CN)cc21.Cl.Cl. The van der Waals surface area contributed by atoms with E-state index in [4.69, 9.17) is 11.5 Å². The number of thiophene rings is 2. The molecule has 0 fully saturated rings. The third-order valence-electron chi connectivity index (χ3n) is 3.70. The van der Waals surface area contributed by atoms with Crippen molar-refractivity contribution in [3.8, 4) is 0 Å². The summed E-state index contributed by atoms with van der Waals surface area (Å²) in [4.78, 5) is 2.43. The molecule has 0 aliphatic carbocycles. The third kappa shape index (κ3) is 6.17. The summed E-state index contributed by atoms with van der Waals surface area (Å²) in [5, 5.41) is 8.61. The summed E-state index contributed by atoms with van der Waals surface area (Å²) in [5.74, 6) is 0. The minimum Gasteiger partial charge on any atom is -0.326 e. The van der Waals surface area contributed by atoms with Gasteiger partial charge in [0.1, 0.15) is 5.52 Å². The van der Waals surface area contributed by atoms with Crippen molar-refractivity contribution < 1.29 is 0 Å². The predicted molar refractivity (Wildman–Crippen MR) is 130 cm³/mol. The lowest BCUT2D eigenvalue weighted by atomic mass is 10.4. The second-order valence-corrected chi connectivity index (χ2v) is 7.61. The summed E-state index contributed by atoms with van der Waals surface area (Å²) in [5.41, 5.74) is 13.3. The van der Waals surface area contributed by atoms with Crippen LogP contribution in [0.1, 0.15) is 38.5 Å². The Balaban J connectivity index is 0. The maximum absolute atomic E-state index is 5.55. The van der Waals surface area contributed by atoms with Crippen LogP contribution in [0.2, 0.25) is 0 Å². The first-order chi connectivity index (χ1) is 11.7. The zero-order valence-corrected chi connectivity index (χ0v) is 18.0. The molecule has 0 aliphatic heterocycles. The van der Waals surface area contributed by atoms with Crippen molar-refractivity contribution in [1.82, 2.24) is 19.6 Å². The van der Waals surface area contributed by atoms with Gasteiger partial charge in [-0.25, -0.2) is 0 Å². The number of rotatable bonds is 4. The molecule has 0 unspecified atom stereocenters. The van der Waals surface area contributed by atoms with Crippen molar-refractivity contribution in [2.45, 2.75) is 54.9 Å². The molecule has 0 saturated heterocycles. The van der Waals surface area contributed by atoms with E-state index in [0.717, 1.165) is 18.6 Å². The molecule has 4 N–H and O–H groups in total. The molecule has 4 heterocycles. The Kier molecular flexibility index (Phi) is 13.6. The van der Waals surface area contributed by atoms with Gasteiger partial charge in [0.15, 0.2) is 0 Å². The Labute approximate surface area is 187 Å². The van der Waals surface area contributed by atoms with Gasteiger partial charge >= 0.3 is 0 Å². The number of nitrogens with zero attached hydrogens (tertiary/aromatic N) is 4. The van der Waals surface area contributed by atoms with Gasteiger partial charge in [-0.05, 0) is 26.0 Å². The van der Waals surface area contributed by atoms with Gasteiger partial charge in [0.2, 0.25) is 0 Å². The minimum absolute atomic E-state index is 0. The van der Waals surface area contributed by atoms with E-state index in [0.29, 0.717) is 13.1 Å². The van der Waals surface area contributed by atoms with Crippen molar-refractivity contribution in [2.75, 3.05) is 0 Å². The van der Waals surface area contributed by atoms with E-state index in [2.05, 4.69) is 42.4 Å². The number of aryl methyl sites for hydroxylation is 2. The first-order valence-corrected chi connectivity index (χ1v) is 9.62. The molecule has 0 radical (unpaired) electrons. The largest absolute Gasteiger partial charge is 0.326 e. The van der Waals surface area contributed by atoms with Crippen LogP contribution in [-0.4, -0.2) is 19.6 Å². The highest BCUT2D eigenvalue weighted by atomic mass is 35.5. The van der Waals surface area contributed by atoms with E-state index in [1.807, 2.05) is 15.6 Å². The first kappa shape index (κ1) is 29.0. The van der Waals surface area contributed by atoms with Crippen molar-refractivity contribution >= 4 is 67.9 Å². The molecule has 28 heavy (non-hydrogen) atoms. The number of halogens is 2. The lowest BCUT2D eigenvalue weighted by Gasteiger charge is -1.93. The lowest BCUT2D eigenvalue weighted by molar-refractivity contribution is 0.668. The van der Waals surface area contributed by atoms with Gasteiger partial charge in [0.25, 0.3) is 0 Å². The molecule has 6 nitrogen and oxygen atoms in total. The molecule has 10 heteroatoms. The van der Waals surface area contributed by atoms with Gasteiger partial charge in [-0.1, -0.05) is 14.9 Å². The van der Waals surface area contributed by atoms with E-state index in [1.54, 1.807) is 22.7 Å². The highest BCUT2D eigenvalue weighted by molar-refractivity contribution is 7.19. The van der Waals surface area contributed by atoms with Crippen LogP contribution in [0, 0.1) is 0 Å². The van der Waals surface area contributed by atoms with Gasteiger partial charge in [0.05, 0.1) is 21.1 Å². The number of fused-ring (bicyclic) bond motifs is 2. The van der Waals surface area contributed by atoms with E-state index in [9.17, 15) is 0 Å².